The highest BCUT2D eigenvalue weighted by atomic mass is 32.1. The number of carbonyl (C=O) groups excluding carboxylic acids is 2. The molecule has 3 rings (SSSR count). The SMILES string of the molecule is CC1(C)CC1(C(=O)NCc1ccc(C(N)=O)cc1)c1cccs1. The number of carbonyl (C=O) groups is 2. The average Bonchev–Trinajstić information content (AvgIpc) is 2.91. The lowest BCUT2D eigenvalue weighted by Crippen LogP contribution is -2.36. The molecule has 0 aliphatic heterocycles. The van der Waals surface area contributed by atoms with Crippen molar-refractivity contribution < 1.29 is 9.59 Å². The zero-order valence-electron chi connectivity index (χ0n) is 13.3. The van der Waals surface area contributed by atoms with Gasteiger partial charge < -0.3 is 11.1 Å². The number of hydrogen-bond acceptors (Lipinski definition) is 3. The van der Waals surface area contributed by atoms with Crippen molar-refractivity contribution in [1.82, 2.24) is 5.32 Å². The summed E-state index contributed by atoms with van der Waals surface area (Å²) in [7, 11) is 0. The van der Waals surface area contributed by atoms with Crippen LogP contribution in [0.15, 0.2) is 41.8 Å². The normalized spacial score (nSPS) is 21.7. The van der Waals surface area contributed by atoms with Gasteiger partial charge in [0, 0.05) is 17.0 Å². The van der Waals surface area contributed by atoms with Gasteiger partial charge in [-0.25, -0.2) is 0 Å². The summed E-state index contributed by atoms with van der Waals surface area (Å²) in [5.74, 6) is -0.374. The minimum absolute atomic E-state index is 0.0161. The molecule has 5 heteroatoms. The predicted octanol–water partition coefficient (Wildman–Crippen LogP) is 2.83. The molecule has 1 atom stereocenters. The van der Waals surface area contributed by atoms with E-state index in [1.165, 1.54) is 0 Å². The highest BCUT2D eigenvalue weighted by molar-refractivity contribution is 7.10. The topological polar surface area (TPSA) is 72.2 Å². The number of amides is 2. The van der Waals surface area contributed by atoms with Crippen LogP contribution < -0.4 is 11.1 Å². The molecule has 3 N–H and O–H groups in total. The third kappa shape index (κ3) is 2.65. The first-order valence-electron chi connectivity index (χ1n) is 7.58. The number of rotatable bonds is 5. The van der Waals surface area contributed by atoms with Crippen molar-refractivity contribution in [2.45, 2.75) is 32.2 Å². The first-order chi connectivity index (χ1) is 10.9. The molecule has 1 aromatic heterocycles. The van der Waals surface area contributed by atoms with Crippen LogP contribution in [-0.2, 0) is 16.8 Å². The largest absolute Gasteiger partial charge is 0.366 e. The summed E-state index contributed by atoms with van der Waals surface area (Å²) in [6, 6.07) is 11.0. The van der Waals surface area contributed by atoms with Crippen LogP contribution in [0.3, 0.4) is 0 Å². The van der Waals surface area contributed by atoms with Gasteiger partial charge >= 0.3 is 0 Å². The fourth-order valence-electron chi connectivity index (χ4n) is 3.18. The molecule has 1 unspecified atom stereocenters. The number of nitrogens with two attached hydrogens (primary N) is 1. The van der Waals surface area contributed by atoms with Crippen LogP contribution in [0.25, 0.3) is 0 Å². The first kappa shape index (κ1) is 15.7. The second-order valence-electron chi connectivity index (χ2n) is 6.69. The maximum Gasteiger partial charge on any atom is 0.248 e. The van der Waals surface area contributed by atoms with Crippen LogP contribution in [0.2, 0.25) is 0 Å². The Balaban J connectivity index is 1.71. The van der Waals surface area contributed by atoms with Crippen molar-refractivity contribution in [3.8, 4) is 0 Å². The third-order valence-corrected chi connectivity index (χ3v) is 5.79. The molecular formula is C18H20N2O2S. The van der Waals surface area contributed by atoms with Gasteiger partial charge in [-0.2, -0.15) is 0 Å². The summed E-state index contributed by atoms with van der Waals surface area (Å²) in [6.45, 7) is 4.71. The average molecular weight is 328 g/mol. The molecule has 4 nitrogen and oxygen atoms in total. The Morgan fingerprint density at radius 2 is 1.87 bits per heavy atom. The molecule has 0 bridgehead atoms. The predicted molar refractivity (Wildman–Crippen MR) is 91.2 cm³/mol. The van der Waals surface area contributed by atoms with Crippen LogP contribution >= 0.6 is 11.3 Å². The van der Waals surface area contributed by atoms with Crippen LogP contribution in [0.5, 0.6) is 0 Å². The Morgan fingerprint density at radius 1 is 1.22 bits per heavy atom. The van der Waals surface area contributed by atoms with E-state index >= 15 is 0 Å². The lowest BCUT2D eigenvalue weighted by atomic mass is 9.93. The summed E-state index contributed by atoms with van der Waals surface area (Å²) >= 11 is 1.64. The molecule has 1 aliphatic rings. The van der Waals surface area contributed by atoms with Gasteiger partial charge in [-0.3, -0.25) is 9.59 Å². The first-order valence-corrected chi connectivity index (χ1v) is 8.46. The van der Waals surface area contributed by atoms with Crippen molar-refractivity contribution in [1.29, 1.82) is 0 Å². The van der Waals surface area contributed by atoms with Gasteiger partial charge in [0.1, 0.15) is 0 Å². The lowest BCUT2D eigenvalue weighted by molar-refractivity contribution is -0.124. The minimum atomic E-state index is -0.447. The van der Waals surface area contributed by atoms with Gasteiger partial charge in [0.15, 0.2) is 0 Å². The highest BCUT2D eigenvalue weighted by Gasteiger charge is 2.67. The molecule has 120 valence electrons. The Hall–Kier alpha value is -2.14. The second kappa shape index (κ2) is 5.49. The van der Waals surface area contributed by atoms with Gasteiger partial charge in [-0.1, -0.05) is 32.0 Å². The smallest absolute Gasteiger partial charge is 0.248 e. The Morgan fingerprint density at radius 3 is 2.35 bits per heavy atom. The van der Waals surface area contributed by atoms with Crippen molar-refractivity contribution in [2.24, 2.45) is 11.1 Å². The third-order valence-electron chi connectivity index (χ3n) is 4.76. The number of hydrogen-bond donors (Lipinski definition) is 2. The van der Waals surface area contributed by atoms with E-state index in [9.17, 15) is 9.59 Å². The Bertz CT molecular complexity index is 735. The number of benzene rings is 1. The molecule has 1 aliphatic carbocycles. The summed E-state index contributed by atoms with van der Waals surface area (Å²) in [5, 5.41) is 5.06. The van der Waals surface area contributed by atoms with Crippen LogP contribution in [0.4, 0.5) is 0 Å². The summed E-state index contributed by atoms with van der Waals surface area (Å²) < 4.78 is 0. The Kier molecular flexibility index (Phi) is 3.76. The van der Waals surface area contributed by atoms with Crippen LogP contribution in [-0.4, -0.2) is 11.8 Å². The standard InChI is InChI=1S/C18H20N2O2S/c1-17(2)11-18(17,14-4-3-9-23-14)16(22)20-10-12-5-7-13(8-6-12)15(19)21/h3-9H,10-11H2,1-2H3,(H2,19,21)(H,20,22). The molecule has 1 saturated carbocycles. The molecule has 0 spiro atoms. The van der Waals surface area contributed by atoms with Crippen LogP contribution in [0, 0.1) is 5.41 Å². The second-order valence-corrected chi connectivity index (χ2v) is 7.63. The lowest BCUT2D eigenvalue weighted by Gasteiger charge is -2.19. The van der Waals surface area contributed by atoms with E-state index < -0.39 is 11.3 Å². The van der Waals surface area contributed by atoms with E-state index in [1.54, 1.807) is 23.5 Å². The molecule has 0 radical (unpaired) electrons. The number of primary amides is 1. The van der Waals surface area contributed by atoms with Gasteiger partial charge in [0.05, 0.1) is 5.41 Å². The van der Waals surface area contributed by atoms with Crippen molar-refractivity contribution in [2.75, 3.05) is 0 Å². The monoisotopic (exact) mass is 328 g/mol. The zero-order valence-corrected chi connectivity index (χ0v) is 14.1. The maximum absolute atomic E-state index is 12.8. The molecule has 2 aromatic rings. The Labute approximate surface area is 139 Å². The number of thiophene rings is 1. The molecule has 2 amide bonds. The fraction of sp³-hybridized carbons (Fsp3) is 0.333. The van der Waals surface area contributed by atoms with E-state index in [0.29, 0.717) is 12.1 Å². The quantitative estimate of drug-likeness (QED) is 0.886. The number of nitrogens with one attached hydrogen (secondary N) is 1. The fourth-order valence-corrected chi connectivity index (χ4v) is 4.28. The van der Waals surface area contributed by atoms with E-state index in [1.807, 2.05) is 29.6 Å². The van der Waals surface area contributed by atoms with Crippen molar-refractivity contribution >= 4 is 23.2 Å². The van der Waals surface area contributed by atoms with E-state index in [2.05, 4.69) is 19.2 Å². The van der Waals surface area contributed by atoms with Gasteiger partial charge in [-0.05, 0) is 41.0 Å². The van der Waals surface area contributed by atoms with Crippen LogP contribution in [0.1, 0.15) is 41.1 Å². The molecule has 1 aromatic carbocycles. The summed E-state index contributed by atoms with van der Waals surface area (Å²) in [6.07, 6.45) is 0.868. The van der Waals surface area contributed by atoms with E-state index in [4.69, 9.17) is 5.73 Å². The maximum atomic E-state index is 12.8. The molecule has 0 saturated heterocycles. The molecular weight excluding hydrogens is 308 g/mol. The minimum Gasteiger partial charge on any atom is -0.366 e. The highest BCUT2D eigenvalue weighted by Crippen LogP contribution is 2.65. The van der Waals surface area contributed by atoms with Crippen molar-refractivity contribution in [3.63, 3.8) is 0 Å². The van der Waals surface area contributed by atoms with Gasteiger partial charge in [0.25, 0.3) is 0 Å². The van der Waals surface area contributed by atoms with Gasteiger partial charge in [0.2, 0.25) is 11.8 Å². The zero-order chi connectivity index (χ0) is 16.7. The summed E-state index contributed by atoms with van der Waals surface area (Å²) in [4.78, 5) is 25.0. The van der Waals surface area contributed by atoms with E-state index in [0.717, 1.165) is 16.9 Å². The van der Waals surface area contributed by atoms with E-state index in [-0.39, 0.29) is 11.3 Å². The molecule has 1 heterocycles. The van der Waals surface area contributed by atoms with Gasteiger partial charge in [-0.15, -0.1) is 11.3 Å². The summed E-state index contributed by atoms with van der Waals surface area (Å²) in [5.41, 5.74) is 6.22. The van der Waals surface area contributed by atoms with Crippen molar-refractivity contribution in [3.05, 3.63) is 57.8 Å². The molecule has 1 fully saturated rings. The molecule has 23 heavy (non-hydrogen) atoms.